The molecule has 1 N–H and O–H groups in total. The highest BCUT2D eigenvalue weighted by Crippen LogP contribution is 2.30. The molecule has 0 fully saturated rings. The normalized spacial score (nSPS) is 14.0. The third-order valence-corrected chi connectivity index (χ3v) is 6.36. The van der Waals surface area contributed by atoms with Gasteiger partial charge in [-0.3, -0.25) is 14.0 Å². The molecule has 0 saturated carbocycles. The predicted molar refractivity (Wildman–Crippen MR) is 123 cm³/mol. The first-order valence-corrected chi connectivity index (χ1v) is 10.7. The Balaban J connectivity index is 1.39. The van der Waals surface area contributed by atoms with Gasteiger partial charge in [-0.15, -0.1) is 0 Å². The quantitative estimate of drug-likeness (QED) is 0.519. The first kappa shape index (κ1) is 20.4. The summed E-state index contributed by atoms with van der Waals surface area (Å²) >= 11 is 0. The van der Waals surface area contributed by atoms with Gasteiger partial charge in [0.2, 0.25) is 0 Å². The van der Waals surface area contributed by atoms with Crippen molar-refractivity contribution in [2.75, 3.05) is 19.0 Å². The lowest BCUT2D eigenvalue weighted by Crippen LogP contribution is -2.30. The number of hydrogen-bond donors (Lipinski definition) is 1. The topological polar surface area (TPSA) is 77.5 Å². The van der Waals surface area contributed by atoms with Crippen molar-refractivity contribution in [3.05, 3.63) is 69.3 Å². The molecule has 0 unspecified atom stereocenters. The van der Waals surface area contributed by atoms with E-state index >= 15 is 0 Å². The van der Waals surface area contributed by atoms with Crippen LogP contribution in [0.2, 0.25) is 0 Å². The first-order valence-electron chi connectivity index (χ1n) is 10.7. The molecule has 0 atom stereocenters. The Labute approximate surface area is 186 Å². The van der Waals surface area contributed by atoms with Gasteiger partial charge >= 0.3 is 5.69 Å². The van der Waals surface area contributed by atoms with Crippen molar-refractivity contribution in [2.24, 2.45) is 14.1 Å². The summed E-state index contributed by atoms with van der Waals surface area (Å²) in [5.41, 5.74) is 6.32. The molecule has 0 amide bonds. The van der Waals surface area contributed by atoms with E-state index in [4.69, 9.17) is 9.26 Å². The zero-order valence-corrected chi connectivity index (χ0v) is 18.8. The van der Waals surface area contributed by atoms with Crippen molar-refractivity contribution in [2.45, 2.75) is 26.4 Å². The van der Waals surface area contributed by atoms with Gasteiger partial charge in [-0.05, 0) is 42.3 Å². The molecule has 0 saturated heterocycles. The Kier molecular flexibility index (Phi) is 5.01. The van der Waals surface area contributed by atoms with Crippen LogP contribution < -0.4 is 15.7 Å². The molecule has 32 heavy (non-hydrogen) atoms. The minimum Gasteiger partial charge on any atom is -0.497 e. The Hall–Kier alpha value is -3.52. The largest absolute Gasteiger partial charge is 0.497 e. The summed E-state index contributed by atoms with van der Waals surface area (Å²) in [5.74, 6) is 2.47. The van der Waals surface area contributed by atoms with Crippen LogP contribution in [0.1, 0.15) is 22.5 Å². The van der Waals surface area contributed by atoms with Crippen molar-refractivity contribution in [3.63, 3.8) is 0 Å². The molecule has 3 heterocycles. The van der Waals surface area contributed by atoms with E-state index in [1.807, 2.05) is 38.4 Å². The minimum absolute atomic E-state index is 0.00288. The molecule has 0 radical (unpaired) electrons. The highest BCUT2D eigenvalue weighted by molar-refractivity contribution is 5.78. The number of aromatic nitrogens is 3. The zero-order chi connectivity index (χ0) is 22.4. The number of aryl methyl sites for hydroxylation is 3. The number of nitrogens with one attached hydrogen (secondary N) is 1. The maximum absolute atomic E-state index is 12.3. The molecule has 2 aromatic heterocycles. The van der Waals surface area contributed by atoms with Crippen molar-refractivity contribution in [1.29, 1.82) is 0 Å². The maximum atomic E-state index is 12.3. The van der Waals surface area contributed by atoms with Gasteiger partial charge in [0.1, 0.15) is 11.5 Å². The number of imidazole rings is 1. The van der Waals surface area contributed by atoms with Gasteiger partial charge in [-0.2, -0.15) is 0 Å². The van der Waals surface area contributed by atoms with Crippen LogP contribution in [0, 0.1) is 6.92 Å². The second-order valence-electron chi connectivity index (χ2n) is 8.42. The lowest BCUT2D eigenvalue weighted by atomic mass is 10.0. The molecular weight excluding hydrogens is 406 g/mol. The molecule has 5 rings (SSSR count). The molecule has 8 heteroatoms. The van der Waals surface area contributed by atoms with Crippen LogP contribution in [0.25, 0.3) is 11.0 Å². The Morgan fingerprint density at radius 1 is 1.16 bits per heavy atom. The van der Waals surface area contributed by atoms with Gasteiger partial charge in [0.15, 0.2) is 5.82 Å². The summed E-state index contributed by atoms with van der Waals surface area (Å²) in [6.07, 6.45) is 0.813. The fourth-order valence-electron chi connectivity index (χ4n) is 4.44. The van der Waals surface area contributed by atoms with E-state index in [1.165, 1.54) is 11.1 Å². The number of fused-ring (bicyclic) bond motifs is 2. The second-order valence-corrected chi connectivity index (χ2v) is 8.42. The van der Waals surface area contributed by atoms with Crippen molar-refractivity contribution in [1.82, 2.24) is 19.2 Å². The van der Waals surface area contributed by atoms with Crippen LogP contribution in [0.15, 0.2) is 45.7 Å². The van der Waals surface area contributed by atoms with E-state index in [9.17, 15) is 4.79 Å². The van der Waals surface area contributed by atoms with E-state index in [-0.39, 0.29) is 5.69 Å². The van der Waals surface area contributed by atoms with Crippen molar-refractivity contribution >= 4 is 22.5 Å². The Morgan fingerprint density at radius 3 is 2.72 bits per heavy atom. The summed E-state index contributed by atoms with van der Waals surface area (Å²) in [5, 5.41) is 7.65. The van der Waals surface area contributed by atoms with Gasteiger partial charge in [-0.25, -0.2) is 4.79 Å². The average molecular weight is 434 g/mol. The predicted octanol–water partition coefficient (Wildman–Crippen LogP) is 3.48. The number of methoxy groups -OCH3 is 1. The number of hydrogen-bond acceptors (Lipinski definition) is 6. The van der Waals surface area contributed by atoms with Crippen LogP contribution in [0.4, 0.5) is 11.5 Å². The summed E-state index contributed by atoms with van der Waals surface area (Å²) in [7, 11) is 5.30. The molecule has 0 bridgehead atoms. The van der Waals surface area contributed by atoms with E-state index < -0.39 is 0 Å². The number of benzene rings is 2. The van der Waals surface area contributed by atoms with Gasteiger partial charge in [0.05, 0.1) is 23.7 Å². The monoisotopic (exact) mass is 433 g/mol. The summed E-state index contributed by atoms with van der Waals surface area (Å²) in [6, 6.07) is 12.0. The van der Waals surface area contributed by atoms with E-state index in [2.05, 4.69) is 34.4 Å². The smallest absolute Gasteiger partial charge is 0.328 e. The van der Waals surface area contributed by atoms with Gasteiger partial charge in [0.25, 0.3) is 0 Å². The minimum atomic E-state index is -0.00288. The molecule has 2 aromatic carbocycles. The lowest BCUT2D eigenvalue weighted by molar-refractivity contribution is 0.228. The third-order valence-electron chi connectivity index (χ3n) is 6.36. The van der Waals surface area contributed by atoms with E-state index in [1.54, 1.807) is 16.2 Å². The fourth-order valence-corrected chi connectivity index (χ4v) is 4.44. The van der Waals surface area contributed by atoms with Crippen LogP contribution in [-0.4, -0.2) is 32.8 Å². The average Bonchev–Trinajstić information content (AvgIpc) is 3.28. The summed E-state index contributed by atoms with van der Waals surface area (Å²) < 4.78 is 14.3. The van der Waals surface area contributed by atoms with Gasteiger partial charge < -0.3 is 14.6 Å². The fraction of sp³-hybridized carbons (Fsp3) is 0.333. The van der Waals surface area contributed by atoms with E-state index in [0.717, 1.165) is 65.7 Å². The molecule has 166 valence electrons. The number of ether oxygens (including phenoxy) is 1. The lowest BCUT2D eigenvalue weighted by Gasteiger charge is -2.26. The highest BCUT2D eigenvalue weighted by Gasteiger charge is 2.25. The van der Waals surface area contributed by atoms with Crippen molar-refractivity contribution in [3.8, 4) is 5.75 Å². The third kappa shape index (κ3) is 3.46. The molecule has 1 aliphatic rings. The van der Waals surface area contributed by atoms with Crippen molar-refractivity contribution < 1.29 is 9.26 Å². The molecular formula is C24H27N5O3. The highest BCUT2D eigenvalue weighted by atomic mass is 16.5. The molecule has 0 aliphatic carbocycles. The SMILES string of the molecule is COc1cccc(Nc2noc3c2CN(Cc2cc4c(cc2C)n(C)c(=O)n4C)CC3)c1. The summed E-state index contributed by atoms with van der Waals surface area (Å²) in [4.78, 5) is 14.7. The van der Waals surface area contributed by atoms with Crippen LogP contribution in [-0.2, 0) is 33.6 Å². The summed E-state index contributed by atoms with van der Waals surface area (Å²) in [6.45, 7) is 4.55. The standard InChI is InChI=1S/C24H27N5O3/c1-15-10-20-21(28(3)24(30)27(20)2)11-16(15)13-29-9-8-22-19(14-29)23(26-32-22)25-17-6-5-7-18(12-17)31-4/h5-7,10-12H,8-9,13-14H2,1-4H3,(H,25,26). The van der Waals surface area contributed by atoms with Crippen LogP contribution in [0.3, 0.4) is 0 Å². The van der Waals surface area contributed by atoms with Gasteiger partial charge in [-0.1, -0.05) is 11.2 Å². The Morgan fingerprint density at radius 2 is 1.94 bits per heavy atom. The van der Waals surface area contributed by atoms with Crippen LogP contribution in [0.5, 0.6) is 5.75 Å². The molecule has 8 nitrogen and oxygen atoms in total. The number of nitrogens with zero attached hydrogens (tertiary/aromatic N) is 4. The van der Waals surface area contributed by atoms with Crippen LogP contribution >= 0.6 is 0 Å². The second kappa shape index (κ2) is 7.87. The zero-order valence-electron chi connectivity index (χ0n) is 18.8. The first-order chi connectivity index (χ1) is 15.4. The number of rotatable bonds is 5. The molecule has 0 spiro atoms. The maximum Gasteiger partial charge on any atom is 0.328 e. The Bertz CT molecular complexity index is 1360. The van der Waals surface area contributed by atoms with Gasteiger partial charge in [0, 0.05) is 51.9 Å². The number of anilines is 2. The van der Waals surface area contributed by atoms with E-state index in [0.29, 0.717) is 0 Å². The molecule has 1 aliphatic heterocycles. The molecule has 4 aromatic rings.